The Morgan fingerprint density at radius 1 is 1.41 bits per heavy atom. The lowest BCUT2D eigenvalue weighted by Gasteiger charge is -2.09. The molecule has 0 aliphatic rings. The SMILES string of the molecule is CCNc1ccc(C(=O)NCC(F)F)c(C)c1. The van der Waals surface area contributed by atoms with Crippen molar-refractivity contribution >= 4 is 11.6 Å². The molecule has 94 valence electrons. The molecule has 0 saturated heterocycles. The molecule has 0 saturated carbocycles. The molecule has 0 spiro atoms. The summed E-state index contributed by atoms with van der Waals surface area (Å²) in [6, 6.07) is 5.21. The second kappa shape index (κ2) is 6.18. The van der Waals surface area contributed by atoms with Gasteiger partial charge in [0.05, 0.1) is 6.54 Å². The molecule has 1 rings (SSSR count). The number of amides is 1. The van der Waals surface area contributed by atoms with Crippen molar-refractivity contribution in [1.29, 1.82) is 0 Å². The molecule has 0 unspecified atom stereocenters. The summed E-state index contributed by atoms with van der Waals surface area (Å²) < 4.78 is 23.9. The van der Waals surface area contributed by atoms with Crippen LogP contribution in [0.15, 0.2) is 18.2 Å². The fourth-order valence-electron chi connectivity index (χ4n) is 1.50. The van der Waals surface area contributed by atoms with E-state index in [4.69, 9.17) is 0 Å². The van der Waals surface area contributed by atoms with Gasteiger partial charge in [0, 0.05) is 17.8 Å². The number of aryl methyl sites for hydroxylation is 1. The minimum Gasteiger partial charge on any atom is -0.385 e. The average Bonchev–Trinajstić information content (AvgIpc) is 2.26. The first-order valence-corrected chi connectivity index (χ1v) is 5.45. The number of halogens is 2. The zero-order valence-electron chi connectivity index (χ0n) is 9.89. The first-order chi connectivity index (χ1) is 8.04. The fourth-order valence-corrected chi connectivity index (χ4v) is 1.50. The number of rotatable bonds is 5. The van der Waals surface area contributed by atoms with E-state index in [0.717, 1.165) is 17.8 Å². The van der Waals surface area contributed by atoms with Gasteiger partial charge < -0.3 is 10.6 Å². The Morgan fingerprint density at radius 3 is 2.65 bits per heavy atom. The second-order valence-electron chi connectivity index (χ2n) is 3.66. The van der Waals surface area contributed by atoms with Crippen LogP contribution in [-0.4, -0.2) is 25.4 Å². The summed E-state index contributed by atoms with van der Waals surface area (Å²) in [5.41, 5.74) is 2.10. The summed E-state index contributed by atoms with van der Waals surface area (Å²) in [5.74, 6) is -0.467. The predicted octanol–water partition coefficient (Wildman–Crippen LogP) is 2.42. The summed E-state index contributed by atoms with van der Waals surface area (Å²) >= 11 is 0. The van der Waals surface area contributed by atoms with Gasteiger partial charge in [-0.25, -0.2) is 8.78 Å². The molecule has 17 heavy (non-hydrogen) atoms. The number of anilines is 1. The van der Waals surface area contributed by atoms with Gasteiger partial charge in [-0.15, -0.1) is 0 Å². The number of alkyl halides is 2. The topological polar surface area (TPSA) is 41.1 Å². The van der Waals surface area contributed by atoms with E-state index in [9.17, 15) is 13.6 Å². The first kappa shape index (κ1) is 13.4. The van der Waals surface area contributed by atoms with Crippen LogP contribution in [0.1, 0.15) is 22.8 Å². The van der Waals surface area contributed by atoms with E-state index >= 15 is 0 Å². The number of hydrogen-bond donors (Lipinski definition) is 2. The smallest absolute Gasteiger partial charge is 0.255 e. The molecule has 0 aliphatic heterocycles. The standard InChI is InChI=1S/C12H16F2N2O/c1-3-15-9-4-5-10(8(2)6-9)12(17)16-7-11(13)14/h4-6,11,15H,3,7H2,1-2H3,(H,16,17). The van der Waals surface area contributed by atoms with Crippen molar-refractivity contribution in [3.63, 3.8) is 0 Å². The zero-order chi connectivity index (χ0) is 12.8. The van der Waals surface area contributed by atoms with Crippen LogP contribution in [0.2, 0.25) is 0 Å². The molecule has 1 aromatic rings. The van der Waals surface area contributed by atoms with E-state index in [1.165, 1.54) is 0 Å². The summed E-state index contributed by atoms with van der Waals surface area (Å²) in [5, 5.41) is 5.29. The molecule has 0 radical (unpaired) electrons. The molecule has 0 aromatic heterocycles. The van der Waals surface area contributed by atoms with E-state index in [2.05, 4.69) is 10.6 Å². The Bertz CT molecular complexity index is 394. The van der Waals surface area contributed by atoms with Gasteiger partial charge in [0.25, 0.3) is 12.3 Å². The van der Waals surface area contributed by atoms with Gasteiger partial charge in [0.1, 0.15) is 0 Å². The van der Waals surface area contributed by atoms with Crippen molar-refractivity contribution in [2.45, 2.75) is 20.3 Å². The van der Waals surface area contributed by atoms with E-state index in [0.29, 0.717) is 5.56 Å². The highest BCUT2D eigenvalue weighted by Crippen LogP contribution is 2.15. The number of benzene rings is 1. The van der Waals surface area contributed by atoms with E-state index in [1.54, 1.807) is 19.1 Å². The summed E-state index contributed by atoms with van der Waals surface area (Å²) in [6.45, 7) is 3.92. The van der Waals surface area contributed by atoms with Crippen LogP contribution < -0.4 is 10.6 Å². The van der Waals surface area contributed by atoms with E-state index in [1.807, 2.05) is 13.0 Å². The highest BCUT2D eigenvalue weighted by atomic mass is 19.3. The minimum absolute atomic E-state index is 0.423. The molecule has 0 fully saturated rings. The molecule has 0 atom stereocenters. The van der Waals surface area contributed by atoms with Gasteiger partial charge in [-0.05, 0) is 37.6 Å². The number of nitrogens with one attached hydrogen (secondary N) is 2. The zero-order valence-corrected chi connectivity index (χ0v) is 9.89. The Morgan fingerprint density at radius 2 is 2.12 bits per heavy atom. The molecule has 0 heterocycles. The lowest BCUT2D eigenvalue weighted by Crippen LogP contribution is -2.29. The van der Waals surface area contributed by atoms with E-state index in [-0.39, 0.29) is 0 Å². The highest BCUT2D eigenvalue weighted by molar-refractivity contribution is 5.96. The van der Waals surface area contributed by atoms with Crippen molar-refractivity contribution in [1.82, 2.24) is 5.32 Å². The predicted molar refractivity (Wildman–Crippen MR) is 63.7 cm³/mol. The van der Waals surface area contributed by atoms with Gasteiger partial charge in [0.2, 0.25) is 0 Å². The summed E-state index contributed by atoms with van der Waals surface area (Å²) in [6.07, 6.45) is -2.53. The van der Waals surface area contributed by atoms with Crippen LogP contribution in [-0.2, 0) is 0 Å². The molecule has 1 aromatic carbocycles. The second-order valence-corrected chi connectivity index (χ2v) is 3.66. The summed E-state index contributed by atoms with van der Waals surface area (Å²) in [4.78, 5) is 11.6. The van der Waals surface area contributed by atoms with Crippen molar-refractivity contribution in [3.8, 4) is 0 Å². The van der Waals surface area contributed by atoms with E-state index < -0.39 is 18.9 Å². The van der Waals surface area contributed by atoms with Crippen LogP contribution in [0.3, 0.4) is 0 Å². The third-order valence-corrected chi connectivity index (χ3v) is 2.27. The largest absolute Gasteiger partial charge is 0.385 e. The third-order valence-electron chi connectivity index (χ3n) is 2.27. The quantitative estimate of drug-likeness (QED) is 0.832. The van der Waals surface area contributed by atoms with Gasteiger partial charge in [0.15, 0.2) is 0 Å². The number of hydrogen-bond acceptors (Lipinski definition) is 2. The number of carbonyl (C=O) groups is 1. The van der Waals surface area contributed by atoms with Crippen LogP contribution in [0.25, 0.3) is 0 Å². The monoisotopic (exact) mass is 242 g/mol. The van der Waals surface area contributed by atoms with Crippen LogP contribution in [0.5, 0.6) is 0 Å². The molecule has 3 nitrogen and oxygen atoms in total. The Labute approximate surface area is 99.2 Å². The van der Waals surface area contributed by atoms with Gasteiger partial charge in [-0.1, -0.05) is 0 Å². The average molecular weight is 242 g/mol. The van der Waals surface area contributed by atoms with Crippen molar-refractivity contribution in [2.75, 3.05) is 18.4 Å². The highest BCUT2D eigenvalue weighted by Gasteiger charge is 2.11. The lowest BCUT2D eigenvalue weighted by atomic mass is 10.1. The maximum absolute atomic E-state index is 12.0. The maximum Gasteiger partial charge on any atom is 0.255 e. The minimum atomic E-state index is -2.53. The maximum atomic E-state index is 12.0. The van der Waals surface area contributed by atoms with Crippen molar-refractivity contribution < 1.29 is 13.6 Å². The lowest BCUT2D eigenvalue weighted by molar-refractivity contribution is 0.0891. The molecule has 0 aliphatic carbocycles. The molecular formula is C12H16F2N2O. The van der Waals surface area contributed by atoms with Crippen molar-refractivity contribution in [2.24, 2.45) is 0 Å². The molecular weight excluding hydrogens is 226 g/mol. The van der Waals surface area contributed by atoms with Crippen LogP contribution >= 0.6 is 0 Å². The molecule has 2 N–H and O–H groups in total. The molecule has 5 heteroatoms. The van der Waals surface area contributed by atoms with Crippen LogP contribution in [0, 0.1) is 6.92 Å². The van der Waals surface area contributed by atoms with Gasteiger partial charge in [-0.2, -0.15) is 0 Å². The van der Waals surface area contributed by atoms with Crippen LogP contribution in [0.4, 0.5) is 14.5 Å². The molecule has 0 bridgehead atoms. The fraction of sp³-hybridized carbons (Fsp3) is 0.417. The number of carbonyl (C=O) groups excluding carboxylic acids is 1. The van der Waals surface area contributed by atoms with Gasteiger partial charge in [-0.3, -0.25) is 4.79 Å². The summed E-state index contributed by atoms with van der Waals surface area (Å²) in [7, 11) is 0. The Balaban J connectivity index is 2.74. The first-order valence-electron chi connectivity index (χ1n) is 5.45. The third kappa shape index (κ3) is 4.01. The molecule has 1 amide bonds. The van der Waals surface area contributed by atoms with Gasteiger partial charge >= 0.3 is 0 Å². The van der Waals surface area contributed by atoms with Crippen molar-refractivity contribution in [3.05, 3.63) is 29.3 Å². The Hall–Kier alpha value is -1.65. The normalized spacial score (nSPS) is 10.4. The Kier molecular flexibility index (Phi) is 4.87.